The van der Waals surface area contributed by atoms with Gasteiger partial charge in [0.15, 0.2) is 12.2 Å². The largest absolute Gasteiger partial charge is 0.472 e. The van der Waals surface area contributed by atoms with E-state index < -0.39 is 97.5 Å². The number of phosphoric ester groups is 2. The van der Waals surface area contributed by atoms with E-state index in [0.717, 1.165) is 167 Å². The van der Waals surface area contributed by atoms with E-state index in [9.17, 15) is 43.2 Å². The molecule has 0 saturated heterocycles. The number of esters is 4. The third kappa shape index (κ3) is 70.9. The molecule has 0 saturated carbocycles. The second kappa shape index (κ2) is 71.9. The third-order valence-corrected chi connectivity index (χ3v) is 18.5. The van der Waals surface area contributed by atoms with E-state index in [0.29, 0.717) is 25.7 Å². The molecule has 0 aromatic heterocycles. The Bertz CT molecular complexity index is 2140. The van der Waals surface area contributed by atoms with Crippen LogP contribution in [0.2, 0.25) is 0 Å². The molecule has 0 aliphatic heterocycles. The number of phosphoric acid groups is 2. The Morgan fingerprint density at radius 3 is 0.786 bits per heavy atom. The van der Waals surface area contributed by atoms with Crippen LogP contribution >= 0.6 is 15.6 Å². The molecule has 5 atom stereocenters. The van der Waals surface area contributed by atoms with Gasteiger partial charge in [0.1, 0.15) is 19.3 Å². The summed E-state index contributed by atoms with van der Waals surface area (Å²) in [6.45, 7) is 4.79. The van der Waals surface area contributed by atoms with Crippen molar-refractivity contribution in [2.24, 2.45) is 0 Å². The van der Waals surface area contributed by atoms with Crippen LogP contribution in [0.25, 0.3) is 0 Å². The Morgan fingerprint density at radius 1 is 0.286 bits per heavy atom. The lowest BCUT2D eigenvalue weighted by Gasteiger charge is -2.21. The summed E-state index contributed by atoms with van der Waals surface area (Å²) in [7, 11) is -9.95. The van der Waals surface area contributed by atoms with Crippen molar-refractivity contribution in [2.75, 3.05) is 39.6 Å². The highest BCUT2D eigenvalue weighted by Gasteiger charge is 2.30. The molecule has 0 aromatic carbocycles. The molecule has 0 radical (unpaired) electrons. The highest BCUT2D eigenvalue weighted by molar-refractivity contribution is 7.47. The van der Waals surface area contributed by atoms with Crippen LogP contribution in [-0.4, -0.2) is 96.7 Å². The molecule has 2 unspecified atom stereocenters. The van der Waals surface area contributed by atoms with Gasteiger partial charge in [0.25, 0.3) is 0 Å². The topological polar surface area (TPSA) is 237 Å². The van der Waals surface area contributed by atoms with Gasteiger partial charge in [0.05, 0.1) is 26.4 Å². The number of aliphatic hydroxyl groups is 1. The van der Waals surface area contributed by atoms with Crippen LogP contribution in [0.15, 0.2) is 72.9 Å². The first kappa shape index (κ1) is 94.5. The lowest BCUT2D eigenvalue weighted by atomic mass is 10.1. The summed E-state index contributed by atoms with van der Waals surface area (Å²) in [5, 5.41) is 10.6. The van der Waals surface area contributed by atoms with Gasteiger partial charge >= 0.3 is 39.5 Å². The van der Waals surface area contributed by atoms with Gasteiger partial charge < -0.3 is 33.8 Å². The monoisotopic (exact) mass is 1420 g/mol. The Labute approximate surface area is 596 Å². The molecule has 0 bridgehead atoms. The average molecular weight is 1430 g/mol. The molecule has 0 amide bonds. The number of hydrogen-bond donors (Lipinski definition) is 3. The molecule has 3 N–H and O–H groups in total. The van der Waals surface area contributed by atoms with Crippen molar-refractivity contribution in [3.8, 4) is 0 Å². The summed E-state index contributed by atoms with van der Waals surface area (Å²) in [4.78, 5) is 72.9. The molecular formula is C79H142O17P2. The Hall–Kier alpha value is -3.50. The zero-order valence-electron chi connectivity index (χ0n) is 62.2. The molecule has 19 heteroatoms. The predicted octanol–water partition coefficient (Wildman–Crippen LogP) is 22.4. The molecule has 0 aromatic rings. The number of ether oxygens (including phenoxy) is 4. The summed E-state index contributed by atoms with van der Waals surface area (Å²) in [5.41, 5.74) is 0. The average Bonchev–Trinajstić information content (AvgIpc) is 1.05. The van der Waals surface area contributed by atoms with Crippen molar-refractivity contribution in [1.29, 1.82) is 0 Å². The SMILES string of the molecule is CCCCC/C=C\C/C=C\CCCCCCCC(=O)O[C@H](COC(=O)CCCCCCC/C=C\CCCCCC)COP(=O)(O)OC[C@H](O)COP(=O)(O)OC[C@@H](COC(=O)CCCCCCCCC/C=C\CCCCCC)OC(=O)CCCCCCC/C=C\C/C=C\CCCCC. The summed E-state index contributed by atoms with van der Waals surface area (Å²) >= 11 is 0. The molecule has 0 aliphatic rings. The number of aliphatic hydroxyl groups excluding tert-OH is 1. The van der Waals surface area contributed by atoms with Gasteiger partial charge in [0.2, 0.25) is 0 Å². The summed E-state index contributed by atoms with van der Waals surface area (Å²) in [6.07, 6.45) is 71.6. The van der Waals surface area contributed by atoms with Crippen molar-refractivity contribution in [3.05, 3.63) is 72.9 Å². The van der Waals surface area contributed by atoms with Gasteiger partial charge in [0, 0.05) is 25.7 Å². The number of allylic oxidation sites excluding steroid dienone is 12. The van der Waals surface area contributed by atoms with E-state index in [2.05, 4.69) is 101 Å². The zero-order valence-corrected chi connectivity index (χ0v) is 64.0. The smallest absolute Gasteiger partial charge is 0.462 e. The first-order chi connectivity index (χ1) is 47.7. The molecule has 0 aliphatic carbocycles. The summed E-state index contributed by atoms with van der Waals surface area (Å²) < 4.78 is 68.5. The highest BCUT2D eigenvalue weighted by atomic mass is 31.2. The quantitative estimate of drug-likeness (QED) is 0.0169. The van der Waals surface area contributed by atoms with E-state index in [-0.39, 0.29) is 25.7 Å². The van der Waals surface area contributed by atoms with Gasteiger partial charge in [-0.3, -0.25) is 37.3 Å². The Balaban J connectivity index is 5.36. The normalized spacial score (nSPS) is 14.3. The Kier molecular flexibility index (Phi) is 69.3. The van der Waals surface area contributed by atoms with E-state index in [1.54, 1.807) is 0 Å². The molecule has 0 spiro atoms. The van der Waals surface area contributed by atoms with Crippen LogP contribution in [-0.2, 0) is 65.4 Å². The summed E-state index contributed by atoms with van der Waals surface area (Å²) in [5.74, 6) is -2.20. The van der Waals surface area contributed by atoms with Crippen molar-refractivity contribution in [3.63, 3.8) is 0 Å². The summed E-state index contributed by atoms with van der Waals surface area (Å²) in [6, 6.07) is 0. The second-order valence-electron chi connectivity index (χ2n) is 26.3. The maximum absolute atomic E-state index is 13.1. The van der Waals surface area contributed by atoms with E-state index >= 15 is 0 Å². The number of unbranched alkanes of at least 4 members (excludes halogenated alkanes) is 36. The van der Waals surface area contributed by atoms with Crippen molar-refractivity contribution >= 4 is 39.5 Å². The van der Waals surface area contributed by atoms with Crippen LogP contribution in [0.4, 0.5) is 0 Å². The lowest BCUT2D eigenvalue weighted by Crippen LogP contribution is -2.30. The molecule has 98 heavy (non-hydrogen) atoms. The van der Waals surface area contributed by atoms with Crippen LogP contribution in [0.1, 0.15) is 349 Å². The van der Waals surface area contributed by atoms with Crippen LogP contribution < -0.4 is 0 Å². The fraction of sp³-hybridized carbons (Fsp3) is 0.797. The van der Waals surface area contributed by atoms with Crippen LogP contribution in [0.3, 0.4) is 0 Å². The number of carbonyl (C=O) groups excluding carboxylic acids is 4. The minimum atomic E-state index is -4.98. The van der Waals surface area contributed by atoms with Gasteiger partial charge in [-0.25, -0.2) is 9.13 Å². The van der Waals surface area contributed by atoms with E-state index in [4.69, 9.17) is 37.0 Å². The first-order valence-corrected chi connectivity index (χ1v) is 42.2. The number of rotatable bonds is 74. The van der Waals surface area contributed by atoms with E-state index in [1.807, 2.05) is 0 Å². The molecule has 0 rings (SSSR count). The molecule has 17 nitrogen and oxygen atoms in total. The zero-order chi connectivity index (χ0) is 71.8. The fourth-order valence-corrected chi connectivity index (χ4v) is 12.1. The second-order valence-corrected chi connectivity index (χ2v) is 29.2. The third-order valence-electron chi connectivity index (χ3n) is 16.6. The van der Waals surface area contributed by atoms with E-state index in [1.165, 1.54) is 103 Å². The van der Waals surface area contributed by atoms with Crippen molar-refractivity contribution in [1.82, 2.24) is 0 Å². The molecular weight excluding hydrogens is 1280 g/mol. The van der Waals surface area contributed by atoms with Gasteiger partial charge in [-0.1, -0.05) is 255 Å². The van der Waals surface area contributed by atoms with Crippen molar-refractivity contribution < 1.29 is 80.2 Å². The highest BCUT2D eigenvalue weighted by Crippen LogP contribution is 2.45. The minimum absolute atomic E-state index is 0.0797. The maximum atomic E-state index is 13.1. The lowest BCUT2D eigenvalue weighted by molar-refractivity contribution is -0.161. The number of hydrogen-bond acceptors (Lipinski definition) is 15. The number of carbonyl (C=O) groups is 4. The van der Waals surface area contributed by atoms with Gasteiger partial charge in [-0.05, 0) is 141 Å². The molecule has 0 heterocycles. The van der Waals surface area contributed by atoms with Gasteiger partial charge in [-0.2, -0.15) is 0 Å². The minimum Gasteiger partial charge on any atom is -0.462 e. The predicted molar refractivity (Wildman–Crippen MR) is 400 cm³/mol. The molecule has 0 fully saturated rings. The van der Waals surface area contributed by atoms with Crippen LogP contribution in [0.5, 0.6) is 0 Å². The standard InChI is InChI=1S/C79H142O17P2/c1-5-9-13-17-21-25-29-33-36-40-44-48-52-56-60-64-77(82)90-70-75(96-79(84)66-62-58-54-50-46-42-38-35-31-27-23-19-15-11-7-3)72-94-98(87,88)92-68-73(80)67-91-97(85,86)93-71-74(69-89-76(81)63-59-55-51-47-43-39-32-28-24-20-16-12-8-4)95-78(83)65-61-57-53-49-45-41-37-34-30-26-22-18-14-10-6-2/h22-23,25-29,32,34-35,37-38,73-75,80H,5-21,24,30-31,33,36,39-72H2,1-4H3,(H,85,86)(H,87,88)/b26-22-,27-23-,29-25-,32-28-,37-34-,38-35-/t73-,74+,75+/m0/s1. The van der Waals surface area contributed by atoms with Crippen LogP contribution in [0, 0.1) is 0 Å². The van der Waals surface area contributed by atoms with Gasteiger partial charge in [-0.15, -0.1) is 0 Å². The first-order valence-electron chi connectivity index (χ1n) is 39.2. The maximum Gasteiger partial charge on any atom is 0.472 e. The van der Waals surface area contributed by atoms with Crippen molar-refractivity contribution in [2.45, 2.75) is 367 Å². The molecule has 570 valence electrons. The fourth-order valence-electron chi connectivity index (χ4n) is 10.6. The Morgan fingerprint density at radius 2 is 0.500 bits per heavy atom.